The monoisotopic (exact) mass is 376 g/mol. The van der Waals surface area contributed by atoms with Gasteiger partial charge in [-0.15, -0.1) is 0 Å². The predicted octanol–water partition coefficient (Wildman–Crippen LogP) is 2.78. The number of aryl methyl sites for hydroxylation is 3. The number of carbonyl (C=O) groups is 1. The molecule has 1 aliphatic carbocycles. The lowest BCUT2D eigenvalue weighted by Crippen LogP contribution is -2.41. The molecule has 1 N–H and O–H groups in total. The summed E-state index contributed by atoms with van der Waals surface area (Å²) in [4.78, 5) is 23.8. The Balaban J connectivity index is 1.34. The molecule has 0 spiro atoms. The van der Waals surface area contributed by atoms with Crippen LogP contribution in [0.2, 0.25) is 0 Å². The van der Waals surface area contributed by atoms with Gasteiger partial charge in [0.1, 0.15) is 12.1 Å². The molecule has 0 radical (unpaired) electrons. The Kier molecular flexibility index (Phi) is 4.22. The van der Waals surface area contributed by atoms with Gasteiger partial charge in [-0.25, -0.2) is 4.98 Å². The molecule has 5 rings (SSSR count). The van der Waals surface area contributed by atoms with Crippen LogP contribution in [0.3, 0.4) is 0 Å². The van der Waals surface area contributed by atoms with Crippen LogP contribution < -0.4 is 10.2 Å². The smallest absolute Gasteiger partial charge is 0.254 e. The molecule has 7 heteroatoms. The second-order valence-electron chi connectivity index (χ2n) is 7.84. The Hall–Kier alpha value is -2.96. The molecule has 3 heterocycles. The largest absolute Gasteiger partial charge is 0.356 e. The molecule has 28 heavy (non-hydrogen) atoms. The van der Waals surface area contributed by atoms with E-state index in [9.17, 15) is 4.79 Å². The first kappa shape index (κ1) is 17.2. The molecule has 1 fully saturated rings. The van der Waals surface area contributed by atoms with Crippen LogP contribution in [0.25, 0.3) is 5.78 Å². The number of benzene rings is 1. The highest BCUT2D eigenvalue weighted by molar-refractivity contribution is 5.93. The number of nitrogens with zero attached hydrogens (tertiary/aromatic N) is 5. The van der Waals surface area contributed by atoms with Crippen LogP contribution in [0.5, 0.6) is 0 Å². The topological polar surface area (TPSA) is 75.4 Å². The van der Waals surface area contributed by atoms with Crippen LogP contribution in [-0.2, 0) is 17.6 Å². The molecule has 1 aliphatic heterocycles. The molecular weight excluding hydrogens is 352 g/mol. The number of piperidine rings is 1. The number of amides is 1. The molecule has 1 aromatic carbocycles. The van der Waals surface area contributed by atoms with Crippen molar-refractivity contribution in [2.75, 3.05) is 23.3 Å². The quantitative estimate of drug-likeness (QED) is 0.761. The third kappa shape index (κ3) is 3.10. The van der Waals surface area contributed by atoms with Crippen molar-refractivity contribution in [2.45, 2.75) is 39.0 Å². The molecule has 2 aromatic heterocycles. The van der Waals surface area contributed by atoms with Gasteiger partial charge in [-0.3, -0.25) is 4.79 Å². The number of carbonyl (C=O) groups excluding carboxylic acids is 1. The number of hydrogen-bond acceptors (Lipinski definition) is 5. The van der Waals surface area contributed by atoms with Gasteiger partial charge >= 0.3 is 0 Å². The average molecular weight is 376 g/mol. The first-order valence-electron chi connectivity index (χ1n) is 10.0. The van der Waals surface area contributed by atoms with Crippen molar-refractivity contribution in [3.63, 3.8) is 0 Å². The zero-order chi connectivity index (χ0) is 19.1. The summed E-state index contributed by atoms with van der Waals surface area (Å²) in [6.45, 7) is 3.54. The van der Waals surface area contributed by atoms with Gasteiger partial charge in [-0.05, 0) is 62.3 Å². The van der Waals surface area contributed by atoms with Crippen molar-refractivity contribution in [1.82, 2.24) is 19.6 Å². The maximum atomic E-state index is 12.9. The molecule has 0 bridgehead atoms. The summed E-state index contributed by atoms with van der Waals surface area (Å²) in [5, 5.41) is 7.45. The van der Waals surface area contributed by atoms with E-state index in [0.29, 0.717) is 12.3 Å². The molecule has 1 amide bonds. The molecular formula is C21H24N6O. The molecule has 0 unspecified atom stereocenters. The minimum absolute atomic E-state index is 0.0472. The first-order valence-corrected chi connectivity index (χ1v) is 10.0. The molecule has 7 nitrogen and oxygen atoms in total. The molecule has 144 valence electrons. The van der Waals surface area contributed by atoms with Crippen LogP contribution in [0.1, 0.15) is 36.1 Å². The van der Waals surface area contributed by atoms with Gasteiger partial charge in [0.2, 0.25) is 5.91 Å². The van der Waals surface area contributed by atoms with Crippen LogP contribution in [-0.4, -0.2) is 38.6 Å². The highest BCUT2D eigenvalue weighted by atomic mass is 16.1. The number of nitrogens with one attached hydrogen (secondary N) is 1. The summed E-state index contributed by atoms with van der Waals surface area (Å²) in [5.41, 5.74) is 4.62. The van der Waals surface area contributed by atoms with E-state index in [1.165, 1.54) is 23.9 Å². The molecule has 2 aliphatic rings. The minimum Gasteiger partial charge on any atom is -0.356 e. The standard InChI is InChI=1S/C21H24N6O/c1-14-10-19(27-21(24-14)22-13-23-27)26-9-3-6-17(12-26)20(28)25-18-8-7-15-4-2-5-16(15)11-18/h7-8,10-11,13,17H,2-6,9,12H2,1H3,(H,25,28)/t17-/m1/s1. The summed E-state index contributed by atoms with van der Waals surface area (Å²) < 4.78 is 1.76. The van der Waals surface area contributed by atoms with E-state index in [4.69, 9.17) is 0 Å². The molecule has 3 aromatic rings. The van der Waals surface area contributed by atoms with Crippen molar-refractivity contribution >= 4 is 23.2 Å². The lowest BCUT2D eigenvalue weighted by Gasteiger charge is -2.33. The maximum Gasteiger partial charge on any atom is 0.254 e. The van der Waals surface area contributed by atoms with E-state index >= 15 is 0 Å². The Morgan fingerprint density at radius 3 is 3.00 bits per heavy atom. The highest BCUT2D eigenvalue weighted by Gasteiger charge is 2.28. The molecule has 1 saturated heterocycles. The summed E-state index contributed by atoms with van der Waals surface area (Å²) in [5.74, 6) is 1.60. The Morgan fingerprint density at radius 1 is 1.18 bits per heavy atom. The fourth-order valence-electron chi connectivity index (χ4n) is 4.43. The summed E-state index contributed by atoms with van der Waals surface area (Å²) in [6.07, 6.45) is 6.88. The average Bonchev–Trinajstić information content (AvgIpc) is 3.36. The van der Waals surface area contributed by atoms with Crippen molar-refractivity contribution in [3.8, 4) is 0 Å². The number of fused-ring (bicyclic) bond motifs is 2. The van der Waals surface area contributed by atoms with E-state index in [2.05, 4.69) is 37.4 Å². The van der Waals surface area contributed by atoms with E-state index < -0.39 is 0 Å². The second kappa shape index (κ2) is 6.89. The predicted molar refractivity (Wildman–Crippen MR) is 108 cm³/mol. The van der Waals surface area contributed by atoms with E-state index in [1.807, 2.05) is 19.1 Å². The number of aromatic nitrogens is 4. The minimum atomic E-state index is -0.0472. The van der Waals surface area contributed by atoms with Crippen LogP contribution in [0.4, 0.5) is 11.5 Å². The van der Waals surface area contributed by atoms with Crippen LogP contribution >= 0.6 is 0 Å². The lowest BCUT2D eigenvalue weighted by molar-refractivity contribution is -0.120. The van der Waals surface area contributed by atoms with Crippen molar-refractivity contribution < 1.29 is 4.79 Å². The van der Waals surface area contributed by atoms with Crippen LogP contribution in [0.15, 0.2) is 30.6 Å². The lowest BCUT2D eigenvalue weighted by atomic mass is 9.97. The van der Waals surface area contributed by atoms with E-state index in [1.54, 1.807) is 4.52 Å². The van der Waals surface area contributed by atoms with E-state index in [-0.39, 0.29) is 11.8 Å². The van der Waals surface area contributed by atoms with Gasteiger partial charge in [-0.2, -0.15) is 14.6 Å². The zero-order valence-electron chi connectivity index (χ0n) is 16.1. The Morgan fingerprint density at radius 2 is 2.07 bits per heavy atom. The third-order valence-corrected chi connectivity index (χ3v) is 5.84. The SMILES string of the molecule is Cc1cc(N2CCC[C@@H](C(=O)Nc3ccc4c(c3)CCC4)C2)n2ncnc2n1. The van der Waals surface area contributed by atoms with Gasteiger partial charge in [0.15, 0.2) is 0 Å². The third-order valence-electron chi connectivity index (χ3n) is 5.84. The number of anilines is 2. The molecule has 1 atom stereocenters. The summed E-state index contributed by atoms with van der Waals surface area (Å²) in [7, 11) is 0. The second-order valence-corrected chi connectivity index (χ2v) is 7.84. The van der Waals surface area contributed by atoms with Crippen molar-refractivity contribution in [3.05, 3.63) is 47.4 Å². The molecule has 0 saturated carbocycles. The highest BCUT2D eigenvalue weighted by Crippen LogP contribution is 2.27. The fraction of sp³-hybridized carbons (Fsp3) is 0.429. The van der Waals surface area contributed by atoms with Crippen molar-refractivity contribution in [2.24, 2.45) is 5.92 Å². The number of rotatable bonds is 3. The fourth-order valence-corrected chi connectivity index (χ4v) is 4.43. The van der Waals surface area contributed by atoms with Gasteiger partial charge in [0.25, 0.3) is 5.78 Å². The van der Waals surface area contributed by atoms with Gasteiger partial charge in [0.05, 0.1) is 5.92 Å². The van der Waals surface area contributed by atoms with Gasteiger partial charge in [0, 0.05) is 30.5 Å². The maximum absolute atomic E-state index is 12.9. The van der Waals surface area contributed by atoms with Gasteiger partial charge < -0.3 is 10.2 Å². The Bertz CT molecular complexity index is 1040. The van der Waals surface area contributed by atoms with Crippen molar-refractivity contribution in [1.29, 1.82) is 0 Å². The van der Waals surface area contributed by atoms with Gasteiger partial charge in [-0.1, -0.05) is 6.07 Å². The summed E-state index contributed by atoms with van der Waals surface area (Å²) in [6, 6.07) is 8.36. The number of hydrogen-bond donors (Lipinski definition) is 1. The zero-order valence-corrected chi connectivity index (χ0v) is 16.1. The van der Waals surface area contributed by atoms with E-state index in [0.717, 1.165) is 49.4 Å². The first-order chi connectivity index (χ1) is 13.7. The summed E-state index contributed by atoms with van der Waals surface area (Å²) >= 11 is 0. The normalized spacial score (nSPS) is 19.0. The van der Waals surface area contributed by atoms with Crippen LogP contribution in [0, 0.1) is 12.8 Å². The Labute approximate surface area is 163 Å².